The normalized spacial score (nSPS) is 18.1. The smallest absolute Gasteiger partial charge is 0.331 e. The van der Waals surface area contributed by atoms with Crippen molar-refractivity contribution in [2.75, 3.05) is 10.2 Å². The molecule has 39 heavy (non-hydrogen) atoms. The van der Waals surface area contributed by atoms with Gasteiger partial charge in [0, 0.05) is 25.2 Å². The summed E-state index contributed by atoms with van der Waals surface area (Å²) in [6, 6.07) is 16.2. The molecule has 1 aliphatic heterocycles. The van der Waals surface area contributed by atoms with E-state index in [1.807, 2.05) is 55.5 Å². The Morgan fingerprint density at radius 1 is 1.03 bits per heavy atom. The lowest BCUT2D eigenvalue weighted by Crippen LogP contribution is -2.48. The quantitative estimate of drug-likeness (QED) is 0.283. The molecule has 4 aromatic rings. The molecular weight excluding hydrogens is 514 g/mol. The van der Waals surface area contributed by atoms with E-state index in [0.717, 1.165) is 36.0 Å². The molecule has 1 aliphatic carbocycles. The molecule has 0 radical (unpaired) electrons. The number of hydrogen-bond donors (Lipinski definition) is 3. The molecule has 0 spiro atoms. The van der Waals surface area contributed by atoms with E-state index in [2.05, 4.69) is 20.9 Å². The highest BCUT2D eigenvalue weighted by atomic mass is 32.1. The Labute approximate surface area is 229 Å². The first kappa shape index (κ1) is 24.9. The van der Waals surface area contributed by atoms with Gasteiger partial charge in [0.05, 0.1) is 22.4 Å². The zero-order valence-electron chi connectivity index (χ0n) is 21.5. The van der Waals surface area contributed by atoms with E-state index in [0.29, 0.717) is 32.5 Å². The van der Waals surface area contributed by atoms with Gasteiger partial charge in [0.1, 0.15) is 21.2 Å². The Balaban J connectivity index is 1.31. The fourth-order valence-electron chi connectivity index (χ4n) is 5.35. The minimum Gasteiger partial charge on any atom is -0.457 e. The number of thiophene rings is 1. The van der Waals surface area contributed by atoms with Crippen molar-refractivity contribution >= 4 is 56.5 Å². The molecule has 0 bridgehead atoms. The van der Waals surface area contributed by atoms with Gasteiger partial charge in [0.2, 0.25) is 5.91 Å². The minimum absolute atomic E-state index is 0.104. The fourth-order valence-corrected chi connectivity index (χ4v) is 6.37. The maximum Gasteiger partial charge on any atom is 0.331 e. The van der Waals surface area contributed by atoms with Crippen LogP contribution >= 0.6 is 11.3 Å². The average Bonchev–Trinajstić information content (AvgIpc) is 3.50. The predicted octanol–water partition coefficient (Wildman–Crippen LogP) is 5.87. The first-order valence-corrected chi connectivity index (χ1v) is 13.6. The van der Waals surface area contributed by atoms with Gasteiger partial charge in [-0.1, -0.05) is 18.2 Å². The summed E-state index contributed by atoms with van der Waals surface area (Å²) in [5, 5.41) is 9.67. The van der Waals surface area contributed by atoms with Crippen molar-refractivity contribution in [1.82, 2.24) is 15.6 Å². The molecule has 0 unspecified atom stereocenters. The first-order valence-electron chi connectivity index (χ1n) is 12.8. The van der Waals surface area contributed by atoms with Crippen molar-refractivity contribution < 1.29 is 19.1 Å². The number of carbonyl (C=O) groups is 3. The number of pyridine rings is 1. The molecule has 3 N–H and O–H groups in total. The molecule has 2 aliphatic rings. The Hall–Kier alpha value is -4.44. The molecular formula is C29H27N5O4S. The molecule has 1 saturated carbocycles. The summed E-state index contributed by atoms with van der Waals surface area (Å²) in [4.78, 5) is 45.6. The summed E-state index contributed by atoms with van der Waals surface area (Å²) >= 11 is 1.24. The molecule has 1 fully saturated rings. The number of para-hydroxylation sites is 1. The Kier molecular flexibility index (Phi) is 6.40. The summed E-state index contributed by atoms with van der Waals surface area (Å²) in [6.45, 7) is 3.40. The number of benzene rings is 2. The van der Waals surface area contributed by atoms with Crippen LogP contribution in [0, 0.1) is 6.92 Å². The van der Waals surface area contributed by atoms with E-state index in [-0.39, 0.29) is 29.9 Å². The van der Waals surface area contributed by atoms with Crippen LogP contribution in [0.5, 0.6) is 11.5 Å². The van der Waals surface area contributed by atoms with Gasteiger partial charge in [-0.3, -0.25) is 14.5 Å². The van der Waals surface area contributed by atoms with E-state index in [1.54, 1.807) is 17.2 Å². The maximum atomic E-state index is 13.5. The van der Waals surface area contributed by atoms with Gasteiger partial charge in [-0.25, -0.2) is 9.78 Å². The zero-order valence-corrected chi connectivity index (χ0v) is 22.3. The maximum absolute atomic E-state index is 13.5. The largest absolute Gasteiger partial charge is 0.457 e. The number of rotatable bonds is 6. The SMILES string of the molecule is CC(=O)N[C@H]1CCC[C@H]1NC(=O)c1sc2nccc3c2c1NC(=O)N3c1ccc(Oc2ccccc2)cc1C. The van der Waals surface area contributed by atoms with Gasteiger partial charge in [-0.15, -0.1) is 11.3 Å². The van der Waals surface area contributed by atoms with E-state index >= 15 is 0 Å². The lowest BCUT2D eigenvalue weighted by Gasteiger charge is -2.29. The van der Waals surface area contributed by atoms with Gasteiger partial charge in [0.15, 0.2) is 0 Å². The molecule has 2 atom stereocenters. The number of carbonyl (C=O) groups excluding carboxylic acids is 3. The van der Waals surface area contributed by atoms with E-state index < -0.39 is 0 Å². The topological polar surface area (TPSA) is 113 Å². The molecule has 10 heteroatoms. The molecule has 6 rings (SSSR count). The van der Waals surface area contributed by atoms with Crippen molar-refractivity contribution in [3.63, 3.8) is 0 Å². The predicted molar refractivity (Wildman–Crippen MR) is 151 cm³/mol. The van der Waals surface area contributed by atoms with Crippen LogP contribution in [0.25, 0.3) is 10.2 Å². The van der Waals surface area contributed by atoms with Crippen molar-refractivity contribution in [3.8, 4) is 11.5 Å². The number of ether oxygens (including phenoxy) is 1. The van der Waals surface area contributed by atoms with Crippen LogP contribution in [0.1, 0.15) is 41.4 Å². The van der Waals surface area contributed by atoms with Gasteiger partial charge >= 0.3 is 6.03 Å². The van der Waals surface area contributed by atoms with Crippen LogP contribution in [0.15, 0.2) is 60.8 Å². The van der Waals surface area contributed by atoms with Gasteiger partial charge in [-0.05, 0) is 68.1 Å². The number of hydrogen-bond acceptors (Lipinski definition) is 6. The first-order chi connectivity index (χ1) is 18.9. The number of nitrogens with one attached hydrogen (secondary N) is 3. The number of nitrogens with zero attached hydrogens (tertiary/aromatic N) is 2. The second kappa shape index (κ2) is 10.0. The van der Waals surface area contributed by atoms with E-state index in [1.165, 1.54) is 18.3 Å². The number of urea groups is 1. The monoisotopic (exact) mass is 541 g/mol. The summed E-state index contributed by atoms with van der Waals surface area (Å²) in [5.41, 5.74) is 2.68. The van der Waals surface area contributed by atoms with Gasteiger partial charge < -0.3 is 20.7 Å². The molecule has 9 nitrogen and oxygen atoms in total. The summed E-state index contributed by atoms with van der Waals surface area (Å²) in [7, 11) is 0. The fraction of sp³-hybridized carbons (Fsp3) is 0.241. The molecule has 2 aromatic carbocycles. The molecule has 198 valence electrons. The number of aromatic nitrogens is 1. The highest BCUT2D eigenvalue weighted by Crippen LogP contribution is 2.46. The molecule has 4 amide bonds. The molecule has 2 aromatic heterocycles. The Bertz CT molecular complexity index is 1600. The highest BCUT2D eigenvalue weighted by Gasteiger charge is 2.35. The Morgan fingerprint density at radius 2 is 1.79 bits per heavy atom. The average molecular weight is 542 g/mol. The summed E-state index contributed by atoms with van der Waals surface area (Å²) < 4.78 is 5.96. The zero-order chi connectivity index (χ0) is 27.1. The number of aryl methyl sites for hydroxylation is 1. The van der Waals surface area contributed by atoms with E-state index in [4.69, 9.17) is 4.74 Å². The van der Waals surface area contributed by atoms with Gasteiger partial charge in [0.25, 0.3) is 5.91 Å². The third-order valence-corrected chi connectivity index (χ3v) is 8.16. The van der Waals surface area contributed by atoms with Crippen LogP contribution < -0.4 is 25.6 Å². The van der Waals surface area contributed by atoms with Crippen LogP contribution in [-0.4, -0.2) is 34.9 Å². The van der Waals surface area contributed by atoms with Crippen molar-refractivity contribution in [2.45, 2.75) is 45.2 Å². The summed E-state index contributed by atoms with van der Waals surface area (Å²) in [5.74, 6) is 0.994. The van der Waals surface area contributed by atoms with Crippen LogP contribution in [0.4, 0.5) is 21.9 Å². The van der Waals surface area contributed by atoms with Crippen molar-refractivity contribution in [3.05, 3.63) is 71.2 Å². The highest BCUT2D eigenvalue weighted by molar-refractivity contribution is 7.21. The summed E-state index contributed by atoms with van der Waals surface area (Å²) in [6.07, 6.45) is 4.16. The Morgan fingerprint density at radius 3 is 2.54 bits per heavy atom. The third-order valence-electron chi connectivity index (χ3n) is 7.06. The lowest BCUT2D eigenvalue weighted by atomic mass is 10.1. The van der Waals surface area contributed by atoms with Crippen LogP contribution in [0.3, 0.4) is 0 Å². The van der Waals surface area contributed by atoms with Crippen LogP contribution in [-0.2, 0) is 4.79 Å². The second-order valence-electron chi connectivity index (χ2n) is 9.76. The van der Waals surface area contributed by atoms with Gasteiger partial charge in [-0.2, -0.15) is 0 Å². The van der Waals surface area contributed by atoms with E-state index in [9.17, 15) is 14.4 Å². The number of amides is 4. The van der Waals surface area contributed by atoms with Crippen molar-refractivity contribution in [1.29, 1.82) is 0 Å². The minimum atomic E-state index is -0.362. The second-order valence-corrected chi connectivity index (χ2v) is 10.8. The standard InChI is InChI=1S/C29H27N5O4S/c1-16-15-19(38-18-7-4-3-5-8-18)11-12-22(16)34-23-13-14-30-28-24(23)25(33-29(34)37)26(39-28)27(36)32-21-10-6-9-20(21)31-17(2)35/h3-5,7-8,11-15,20-21H,6,9-10H2,1-2H3,(H,31,35)(H,32,36)(H,33,37)/t20-,21+/m0/s1. The lowest BCUT2D eigenvalue weighted by molar-refractivity contribution is -0.119. The third kappa shape index (κ3) is 4.67. The molecule has 3 heterocycles. The van der Waals surface area contributed by atoms with Crippen LogP contribution in [0.2, 0.25) is 0 Å². The molecule has 0 saturated heterocycles. The number of anilines is 3. The van der Waals surface area contributed by atoms with Crippen molar-refractivity contribution in [2.24, 2.45) is 0 Å².